The first-order valence-electron chi connectivity index (χ1n) is 5.74. The van der Waals surface area contributed by atoms with E-state index < -0.39 is 0 Å². The number of benzene rings is 1. The van der Waals surface area contributed by atoms with E-state index in [2.05, 4.69) is 27.0 Å². The number of rotatable bonds is 2. The van der Waals surface area contributed by atoms with Crippen LogP contribution in [0.25, 0.3) is 11.0 Å². The summed E-state index contributed by atoms with van der Waals surface area (Å²) in [6.07, 6.45) is 2.11. The van der Waals surface area contributed by atoms with Crippen molar-refractivity contribution in [1.29, 1.82) is 0 Å². The zero-order chi connectivity index (χ0) is 13.3. The third-order valence-corrected chi connectivity index (χ3v) is 5.06. The first-order valence-corrected chi connectivity index (χ1v) is 7.71. The number of hydrogen-bond acceptors (Lipinski definition) is 3. The highest BCUT2D eigenvalue weighted by molar-refractivity contribution is 7.93. The normalized spacial score (nSPS) is 13.6. The van der Waals surface area contributed by atoms with Gasteiger partial charge in [-0.05, 0) is 63.3 Å². The van der Waals surface area contributed by atoms with E-state index in [0.29, 0.717) is 4.71 Å². The summed E-state index contributed by atoms with van der Waals surface area (Å²) in [5, 5.41) is 1.01. The molecule has 1 aromatic carbocycles. The molecule has 0 aliphatic heterocycles. The highest BCUT2D eigenvalue weighted by Gasteiger charge is 2.33. The van der Waals surface area contributed by atoms with Gasteiger partial charge in [0, 0.05) is 5.39 Å². The number of hydrogen-bond donors (Lipinski definition) is 0. The average molecular weight is 281 g/mol. The molecule has 2 nitrogen and oxygen atoms in total. The van der Waals surface area contributed by atoms with Crippen LogP contribution in [0.5, 0.6) is 5.75 Å². The van der Waals surface area contributed by atoms with E-state index in [1.54, 1.807) is 6.07 Å². The lowest BCUT2D eigenvalue weighted by molar-refractivity contribution is 0.580. The fourth-order valence-corrected chi connectivity index (χ4v) is 2.17. The molecule has 2 aromatic rings. The van der Waals surface area contributed by atoms with Crippen LogP contribution < -0.4 is 4.18 Å². The third kappa shape index (κ3) is 3.06. The Balaban J connectivity index is 2.31. The molecule has 18 heavy (non-hydrogen) atoms. The van der Waals surface area contributed by atoms with Gasteiger partial charge in [0.05, 0.1) is 0 Å². The first-order chi connectivity index (χ1) is 8.36. The molecule has 96 valence electrons. The lowest BCUT2D eigenvalue weighted by atomic mass is 10.2. The fraction of sp³-hybridized carbons (Fsp3) is 0.357. The minimum Gasteiger partial charge on any atom is -0.445 e. The van der Waals surface area contributed by atoms with E-state index in [0.717, 1.165) is 16.7 Å². The molecule has 0 saturated carbocycles. The fourth-order valence-electron chi connectivity index (χ4n) is 1.37. The van der Waals surface area contributed by atoms with Crippen LogP contribution in [0, 0.1) is 4.71 Å². The van der Waals surface area contributed by atoms with E-state index in [-0.39, 0.29) is 15.9 Å². The maximum absolute atomic E-state index is 5.98. The van der Waals surface area contributed by atoms with E-state index in [1.807, 2.05) is 24.3 Å². The van der Waals surface area contributed by atoms with Crippen molar-refractivity contribution < 1.29 is 8.60 Å². The Labute approximate surface area is 116 Å². The van der Waals surface area contributed by atoms with Gasteiger partial charge in [-0.25, -0.2) is 0 Å². The van der Waals surface area contributed by atoms with Crippen LogP contribution in [0.15, 0.2) is 34.7 Å². The molecule has 0 amide bonds. The van der Waals surface area contributed by atoms with Crippen molar-refractivity contribution in [1.82, 2.24) is 0 Å². The van der Waals surface area contributed by atoms with Gasteiger partial charge in [0.15, 0.2) is 26.4 Å². The third-order valence-electron chi connectivity index (χ3n) is 2.67. The van der Waals surface area contributed by atoms with Crippen molar-refractivity contribution in [2.75, 3.05) is 6.26 Å². The molecule has 2 rings (SSSR count). The van der Waals surface area contributed by atoms with Gasteiger partial charge >= 0.3 is 0 Å². The van der Waals surface area contributed by atoms with Crippen molar-refractivity contribution in [3.05, 3.63) is 35.0 Å². The van der Waals surface area contributed by atoms with Crippen LogP contribution in [-0.2, 0) is 11.2 Å². The molecule has 1 heterocycles. The Hall–Kier alpha value is -1.00. The number of fused-ring (bicyclic) bond motifs is 1. The molecule has 1 unspecified atom stereocenters. The van der Waals surface area contributed by atoms with Crippen LogP contribution in [0.3, 0.4) is 0 Å². The summed E-state index contributed by atoms with van der Waals surface area (Å²) in [6, 6.07) is 9.56. The maximum atomic E-state index is 5.98. The minimum absolute atomic E-state index is 0.137. The van der Waals surface area contributed by atoms with Crippen molar-refractivity contribution >= 4 is 34.4 Å². The summed E-state index contributed by atoms with van der Waals surface area (Å²) in [4.78, 5) is 0. The Kier molecular flexibility index (Phi) is 3.69. The second-order valence-electron chi connectivity index (χ2n) is 5.10. The second-order valence-corrected chi connectivity index (χ2v) is 7.81. The predicted octanol–water partition coefficient (Wildman–Crippen LogP) is 4.50. The lowest BCUT2D eigenvalue weighted by Crippen LogP contribution is -2.31. The van der Waals surface area contributed by atoms with Crippen LogP contribution >= 0.6 is 12.2 Å². The topological polar surface area (TPSA) is 22.4 Å². The summed E-state index contributed by atoms with van der Waals surface area (Å²) in [7, 11) is 0. The van der Waals surface area contributed by atoms with Gasteiger partial charge in [0.25, 0.3) is 0 Å². The van der Waals surface area contributed by atoms with Gasteiger partial charge in [-0.2, -0.15) is 0 Å². The predicted molar refractivity (Wildman–Crippen MR) is 80.7 cm³/mol. The van der Waals surface area contributed by atoms with Gasteiger partial charge in [-0.3, -0.25) is 4.18 Å². The average Bonchev–Trinajstić information content (AvgIpc) is 2.28. The van der Waals surface area contributed by atoms with Gasteiger partial charge in [-0.15, -0.1) is 0 Å². The van der Waals surface area contributed by atoms with Crippen molar-refractivity contribution in [2.24, 2.45) is 0 Å². The zero-order valence-corrected chi connectivity index (χ0v) is 12.7. The monoisotopic (exact) mass is 281 g/mol. The highest BCUT2D eigenvalue weighted by atomic mass is 32.2. The van der Waals surface area contributed by atoms with Crippen LogP contribution in [0.4, 0.5) is 0 Å². The van der Waals surface area contributed by atoms with Crippen LogP contribution in [0.2, 0.25) is 0 Å². The molecule has 0 radical (unpaired) electrons. The lowest BCUT2D eigenvalue weighted by Gasteiger charge is -2.15. The van der Waals surface area contributed by atoms with Crippen molar-refractivity contribution in [3.8, 4) is 5.75 Å². The maximum Gasteiger partial charge on any atom is 0.199 e. The van der Waals surface area contributed by atoms with Gasteiger partial charge < -0.3 is 4.42 Å². The summed E-state index contributed by atoms with van der Waals surface area (Å²) in [5.41, 5.74) is 0.793. The Bertz CT molecular complexity index is 611. The Morgan fingerprint density at radius 3 is 2.56 bits per heavy atom. The van der Waals surface area contributed by atoms with Gasteiger partial charge in [-0.1, -0.05) is 0 Å². The molecule has 0 fully saturated rings. The molecule has 0 spiro atoms. The van der Waals surface area contributed by atoms with E-state index in [9.17, 15) is 0 Å². The molecule has 0 N–H and O–H groups in total. The summed E-state index contributed by atoms with van der Waals surface area (Å²) >= 11 is 4.86. The molecule has 1 atom stereocenters. The largest absolute Gasteiger partial charge is 0.445 e. The van der Waals surface area contributed by atoms with E-state index >= 15 is 0 Å². The van der Waals surface area contributed by atoms with E-state index in [4.69, 9.17) is 20.8 Å². The smallest absolute Gasteiger partial charge is 0.199 e. The van der Waals surface area contributed by atoms with Crippen molar-refractivity contribution in [3.63, 3.8) is 0 Å². The molecule has 4 heteroatoms. The molecule has 0 aliphatic carbocycles. The van der Waals surface area contributed by atoms with Gasteiger partial charge in [0.2, 0.25) is 0 Å². The molecule has 0 bridgehead atoms. The molecule has 0 saturated heterocycles. The Morgan fingerprint density at radius 2 is 1.89 bits per heavy atom. The second kappa shape index (κ2) is 4.94. The SMILES string of the molecule is C[S+](Oc1ccc2oc(=S)ccc2c1)C(C)(C)C. The van der Waals surface area contributed by atoms with Crippen LogP contribution in [-0.4, -0.2) is 11.0 Å². The molecular formula is C14H17O2S2+. The zero-order valence-electron chi connectivity index (χ0n) is 11.0. The molecule has 1 aromatic heterocycles. The first kappa shape index (κ1) is 13.4. The molecular weight excluding hydrogens is 264 g/mol. The van der Waals surface area contributed by atoms with E-state index in [1.165, 1.54) is 0 Å². The standard InChI is InChI=1S/C14H17O2S2/c1-14(2,3)18(4)16-11-6-7-12-10(9-11)5-8-13(17)15-12/h5-9H,1-4H3/q+1. The highest BCUT2D eigenvalue weighted by Crippen LogP contribution is 2.25. The Morgan fingerprint density at radius 1 is 1.17 bits per heavy atom. The summed E-state index contributed by atoms with van der Waals surface area (Å²) < 4.78 is 12.1. The molecule has 0 aliphatic rings. The quantitative estimate of drug-likeness (QED) is 0.597. The summed E-state index contributed by atoms with van der Waals surface area (Å²) in [5.74, 6) is 0.871. The van der Waals surface area contributed by atoms with Crippen LogP contribution in [0.1, 0.15) is 20.8 Å². The summed E-state index contributed by atoms with van der Waals surface area (Å²) in [6.45, 7) is 6.53. The van der Waals surface area contributed by atoms with Crippen molar-refractivity contribution in [2.45, 2.75) is 25.5 Å². The van der Waals surface area contributed by atoms with Gasteiger partial charge in [0.1, 0.15) is 11.8 Å². The minimum atomic E-state index is -0.137.